The molecule has 0 saturated carbocycles. The lowest BCUT2D eigenvalue weighted by Crippen LogP contribution is -2.41. The van der Waals surface area contributed by atoms with Gasteiger partial charge in [0.1, 0.15) is 5.82 Å². The van der Waals surface area contributed by atoms with Crippen LogP contribution in [0.25, 0.3) is 0 Å². The SMILES string of the molecule is CCNc1nc(C)cc(N2CCC(C)C(CO)C2)n1. The molecule has 106 valence electrons. The van der Waals surface area contributed by atoms with Gasteiger partial charge in [0, 0.05) is 43.9 Å². The maximum Gasteiger partial charge on any atom is 0.224 e. The van der Waals surface area contributed by atoms with Gasteiger partial charge in [0.15, 0.2) is 0 Å². The van der Waals surface area contributed by atoms with Crippen molar-refractivity contribution in [3.05, 3.63) is 11.8 Å². The minimum Gasteiger partial charge on any atom is -0.396 e. The molecule has 2 atom stereocenters. The van der Waals surface area contributed by atoms with E-state index < -0.39 is 0 Å². The lowest BCUT2D eigenvalue weighted by molar-refractivity contribution is 0.166. The molecule has 5 heteroatoms. The zero-order chi connectivity index (χ0) is 13.8. The van der Waals surface area contributed by atoms with Crippen LogP contribution in [-0.4, -0.2) is 41.3 Å². The van der Waals surface area contributed by atoms with E-state index in [4.69, 9.17) is 0 Å². The zero-order valence-corrected chi connectivity index (χ0v) is 12.1. The van der Waals surface area contributed by atoms with Gasteiger partial charge in [-0.2, -0.15) is 4.98 Å². The van der Waals surface area contributed by atoms with Crippen molar-refractivity contribution in [2.24, 2.45) is 11.8 Å². The molecule has 1 aromatic heterocycles. The minimum atomic E-state index is 0.252. The van der Waals surface area contributed by atoms with Gasteiger partial charge in [-0.1, -0.05) is 6.92 Å². The van der Waals surface area contributed by atoms with E-state index in [1.54, 1.807) is 0 Å². The average Bonchev–Trinajstić information content (AvgIpc) is 2.39. The molecule has 0 aliphatic carbocycles. The summed E-state index contributed by atoms with van der Waals surface area (Å²) in [5, 5.41) is 12.6. The van der Waals surface area contributed by atoms with Crippen LogP contribution < -0.4 is 10.2 Å². The number of piperidine rings is 1. The molecule has 1 fully saturated rings. The number of rotatable bonds is 4. The second-order valence-corrected chi connectivity index (χ2v) is 5.38. The Kier molecular flexibility index (Phi) is 4.58. The van der Waals surface area contributed by atoms with Gasteiger partial charge in [-0.25, -0.2) is 4.98 Å². The van der Waals surface area contributed by atoms with Crippen LogP contribution in [0.1, 0.15) is 26.0 Å². The molecule has 2 heterocycles. The molecule has 2 unspecified atom stereocenters. The van der Waals surface area contributed by atoms with Crippen LogP contribution in [0.5, 0.6) is 0 Å². The lowest BCUT2D eigenvalue weighted by Gasteiger charge is -2.37. The van der Waals surface area contributed by atoms with Crippen molar-refractivity contribution in [2.75, 3.05) is 36.5 Å². The summed E-state index contributed by atoms with van der Waals surface area (Å²) in [5.74, 6) is 2.58. The normalized spacial score (nSPS) is 23.5. The highest BCUT2D eigenvalue weighted by molar-refractivity contribution is 5.45. The Morgan fingerprint density at radius 2 is 2.26 bits per heavy atom. The summed E-state index contributed by atoms with van der Waals surface area (Å²) in [7, 11) is 0. The largest absolute Gasteiger partial charge is 0.396 e. The Labute approximate surface area is 115 Å². The molecule has 0 bridgehead atoms. The van der Waals surface area contributed by atoms with Crippen LogP contribution in [0.2, 0.25) is 0 Å². The summed E-state index contributed by atoms with van der Waals surface area (Å²) in [5.41, 5.74) is 0.972. The number of aliphatic hydroxyl groups is 1. The quantitative estimate of drug-likeness (QED) is 0.866. The van der Waals surface area contributed by atoms with E-state index in [0.29, 0.717) is 17.8 Å². The molecule has 0 amide bonds. The molecule has 5 nitrogen and oxygen atoms in total. The van der Waals surface area contributed by atoms with Crippen LogP contribution >= 0.6 is 0 Å². The maximum absolute atomic E-state index is 9.45. The van der Waals surface area contributed by atoms with Gasteiger partial charge in [0.05, 0.1) is 0 Å². The first-order valence-electron chi connectivity index (χ1n) is 7.09. The first kappa shape index (κ1) is 14.1. The Bertz CT molecular complexity index is 424. The number of aryl methyl sites for hydroxylation is 1. The highest BCUT2D eigenvalue weighted by atomic mass is 16.3. The summed E-state index contributed by atoms with van der Waals surface area (Å²) < 4.78 is 0. The molecule has 1 saturated heterocycles. The first-order chi connectivity index (χ1) is 9.13. The van der Waals surface area contributed by atoms with Crippen LogP contribution in [0.15, 0.2) is 6.07 Å². The standard InChI is InChI=1S/C14H24N4O/c1-4-15-14-16-11(3)7-13(17-14)18-6-5-10(2)12(8-18)9-19/h7,10,12,19H,4-6,8-9H2,1-3H3,(H,15,16,17). The number of nitrogens with zero attached hydrogens (tertiary/aromatic N) is 3. The number of aliphatic hydroxyl groups excluding tert-OH is 1. The summed E-state index contributed by atoms with van der Waals surface area (Å²) in [6.45, 7) is 9.19. The number of hydrogen-bond donors (Lipinski definition) is 2. The van der Waals surface area contributed by atoms with E-state index in [9.17, 15) is 5.11 Å². The number of aromatic nitrogens is 2. The highest BCUT2D eigenvalue weighted by Gasteiger charge is 2.26. The van der Waals surface area contributed by atoms with Crippen molar-refractivity contribution in [3.8, 4) is 0 Å². The van der Waals surface area contributed by atoms with E-state index in [1.807, 2.05) is 19.9 Å². The van der Waals surface area contributed by atoms with E-state index in [0.717, 1.165) is 37.6 Å². The summed E-state index contributed by atoms with van der Waals surface area (Å²) in [6.07, 6.45) is 1.10. The second kappa shape index (κ2) is 6.19. The third-order valence-corrected chi connectivity index (χ3v) is 3.85. The molecule has 0 spiro atoms. The predicted molar refractivity (Wildman–Crippen MR) is 77.5 cm³/mol. The third-order valence-electron chi connectivity index (χ3n) is 3.85. The van der Waals surface area contributed by atoms with Gasteiger partial charge >= 0.3 is 0 Å². The van der Waals surface area contributed by atoms with Crippen molar-refractivity contribution in [2.45, 2.75) is 27.2 Å². The fraction of sp³-hybridized carbons (Fsp3) is 0.714. The average molecular weight is 264 g/mol. The fourth-order valence-corrected chi connectivity index (χ4v) is 2.55. The van der Waals surface area contributed by atoms with Gasteiger partial charge in [0.25, 0.3) is 0 Å². The van der Waals surface area contributed by atoms with Crippen molar-refractivity contribution >= 4 is 11.8 Å². The number of anilines is 2. The molecule has 1 aromatic rings. The Hall–Kier alpha value is -1.36. The molecule has 2 rings (SSSR count). The van der Waals surface area contributed by atoms with Gasteiger partial charge in [-0.15, -0.1) is 0 Å². The molecule has 1 aliphatic rings. The fourth-order valence-electron chi connectivity index (χ4n) is 2.55. The second-order valence-electron chi connectivity index (χ2n) is 5.38. The Morgan fingerprint density at radius 1 is 1.47 bits per heavy atom. The summed E-state index contributed by atoms with van der Waals surface area (Å²) in [4.78, 5) is 11.2. The maximum atomic E-state index is 9.45. The van der Waals surface area contributed by atoms with Crippen molar-refractivity contribution in [3.63, 3.8) is 0 Å². The van der Waals surface area contributed by atoms with Gasteiger partial charge < -0.3 is 15.3 Å². The van der Waals surface area contributed by atoms with E-state index in [2.05, 4.69) is 27.1 Å². The predicted octanol–water partition coefficient (Wildman–Crippen LogP) is 1.67. The van der Waals surface area contributed by atoms with Crippen LogP contribution in [0, 0.1) is 18.8 Å². The van der Waals surface area contributed by atoms with Crippen LogP contribution in [0.3, 0.4) is 0 Å². The van der Waals surface area contributed by atoms with Crippen LogP contribution in [-0.2, 0) is 0 Å². The number of hydrogen-bond acceptors (Lipinski definition) is 5. The zero-order valence-electron chi connectivity index (χ0n) is 12.1. The molecular weight excluding hydrogens is 240 g/mol. The van der Waals surface area contributed by atoms with E-state index in [1.165, 1.54) is 0 Å². The summed E-state index contributed by atoms with van der Waals surface area (Å²) >= 11 is 0. The topological polar surface area (TPSA) is 61.3 Å². The molecule has 0 radical (unpaired) electrons. The lowest BCUT2D eigenvalue weighted by atomic mass is 9.88. The first-order valence-corrected chi connectivity index (χ1v) is 7.09. The van der Waals surface area contributed by atoms with Gasteiger partial charge in [-0.05, 0) is 26.2 Å². The molecule has 0 aromatic carbocycles. The smallest absolute Gasteiger partial charge is 0.224 e. The Morgan fingerprint density at radius 3 is 2.95 bits per heavy atom. The summed E-state index contributed by atoms with van der Waals surface area (Å²) in [6, 6.07) is 2.02. The third kappa shape index (κ3) is 3.35. The van der Waals surface area contributed by atoms with Crippen molar-refractivity contribution in [1.82, 2.24) is 9.97 Å². The minimum absolute atomic E-state index is 0.252. The highest BCUT2D eigenvalue weighted by Crippen LogP contribution is 2.26. The van der Waals surface area contributed by atoms with Crippen molar-refractivity contribution in [1.29, 1.82) is 0 Å². The molecule has 19 heavy (non-hydrogen) atoms. The number of nitrogens with one attached hydrogen (secondary N) is 1. The van der Waals surface area contributed by atoms with Gasteiger partial charge in [-0.3, -0.25) is 0 Å². The Balaban J connectivity index is 2.17. The molecular formula is C14H24N4O. The monoisotopic (exact) mass is 264 g/mol. The van der Waals surface area contributed by atoms with Crippen molar-refractivity contribution < 1.29 is 5.11 Å². The van der Waals surface area contributed by atoms with Crippen LogP contribution in [0.4, 0.5) is 11.8 Å². The molecule has 1 aliphatic heterocycles. The van der Waals surface area contributed by atoms with Gasteiger partial charge in [0.2, 0.25) is 5.95 Å². The molecule has 2 N–H and O–H groups in total. The van der Waals surface area contributed by atoms with E-state index >= 15 is 0 Å². The van der Waals surface area contributed by atoms with E-state index in [-0.39, 0.29) is 6.61 Å².